The van der Waals surface area contributed by atoms with E-state index in [1.54, 1.807) is 0 Å². The van der Waals surface area contributed by atoms with Gasteiger partial charge in [-0.3, -0.25) is 4.79 Å². The van der Waals surface area contributed by atoms with Crippen molar-refractivity contribution >= 4 is 5.97 Å². The predicted molar refractivity (Wildman–Crippen MR) is 31.9 cm³/mol. The van der Waals surface area contributed by atoms with E-state index in [4.69, 9.17) is 0 Å². The first kappa shape index (κ1) is 10.3. The molecule has 0 aromatic carbocycles. The molecule has 0 saturated heterocycles. The minimum atomic E-state index is -4.27. The number of ether oxygens (including phenoxy) is 1. The van der Waals surface area contributed by atoms with Crippen LogP contribution in [0, 0.1) is 0 Å². The van der Waals surface area contributed by atoms with Crippen LogP contribution in [0.4, 0.5) is 13.2 Å². The van der Waals surface area contributed by atoms with E-state index in [1.165, 1.54) is 6.92 Å². The molecule has 5 heteroatoms. The number of carbonyl (C=O) groups excluding carboxylic acids is 1. The van der Waals surface area contributed by atoms with Gasteiger partial charge in [-0.2, -0.15) is 13.2 Å². The minimum absolute atomic E-state index is 0.693. The lowest BCUT2D eigenvalue weighted by molar-refractivity contribution is -0.168. The van der Waals surface area contributed by atoms with Crippen molar-refractivity contribution in [3.8, 4) is 0 Å². The molecule has 0 fully saturated rings. The van der Waals surface area contributed by atoms with Crippen molar-refractivity contribution in [2.24, 2.45) is 0 Å². The molecule has 11 heavy (non-hydrogen) atoms. The summed E-state index contributed by atoms with van der Waals surface area (Å²) in [6.45, 7) is 2.28. The molecule has 0 aliphatic heterocycles. The third-order valence-electron chi connectivity index (χ3n) is 0.886. The highest BCUT2D eigenvalue weighted by atomic mass is 19.4. The molecular formula is C6H9F3O2. The van der Waals surface area contributed by atoms with Crippen LogP contribution < -0.4 is 0 Å². The van der Waals surface area contributed by atoms with E-state index in [1.807, 2.05) is 0 Å². The van der Waals surface area contributed by atoms with Crippen LogP contribution in [0.25, 0.3) is 0 Å². The number of alkyl halides is 3. The highest BCUT2D eigenvalue weighted by molar-refractivity contribution is 5.66. The molecule has 0 N–H and O–H groups in total. The van der Waals surface area contributed by atoms with Gasteiger partial charge in [-0.05, 0) is 6.92 Å². The molecule has 1 atom stereocenters. The van der Waals surface area contributed by atoms with E-state index < -0.39 is 24.7 Å². The third-order valence-corrected chi connectivity index (χ3v) is 0.886. The van der Waals surface area contributed by atoms with Gasteiger partial charge in [0.15, 0.2) is 0 Å². The van der Waals surface area contributed by atoms with Crippen molar-refractivity contribution in [1.82, 2.24) is 0 Å². The lowest BCUT2D eigenvalue weighted by atomic mass is 10.3. The summed E-state index contributed by atoms with van der Waals surface area (Å²) >= 11 is 0. The molecule has 0 spiro atoms. The van der Waals surface area contributed by atoms with Crippen molar-refractivity contribution in [2.75, 3.05) is 0 Å². The summed E-state index contributed by atoms with van der Waals surface area (Å²) < 4.78 is 39.0. The highest BCUT2D eigenvalue weighted by Gasteiger charge is 2.31. The number of hydrogen-bond acceptors (Lipinski definition) is 2. The van der Waals surface area contributed by atoms with Gasteiger partial charge in [0.1, 0.15) is 6.10 Å². The maximum absolute atomic E-state index is 11.6. The van der Waals surface area contributed by atoms with Crippen LogP contribution in [0.3, 0.4) is 0 Å². The van der Waals surface area contributed by atoms with Gasteiger partial charge < -0.3 is 4.74 Å². The maximum Gasteiger partial charge on any atom is 0.392 e. The number of carbonyl (C=O) groups is 1. The molecule has 0 aliphatic carbocycles. The Morgan fingerprint density at radius 2 is 2.00 bits per heavy atom. The molecule has 0 rings (SSSR count). The van der Waals surface area contributed by atoms with Crippen LogP contribution in [0.1, 0.15) is 20.3 Å². The van der Waals surface area contributed by atoms with Crippen LogP contribution in [0.2, 0.25) is 0 Å². The van der Waals surface area contributed by atoms with E-state index >= 15 is 0 Å². The summed E-state index contributed by atoms with van der Waals surface area (Å²) in [6, 6.07) is 0. The van der Waals surface area contributed by atoms with Gasteiger partial charge in [0, 0.05) is 6.92 Å². The van der Waals surface area contributed by atoms with Crippen molar-refractivity contribution in [1.29, 1.82) is 0 Å². The van der Waals surface area contributed by atoms with E-state index in [0.717, 1.165) is 6.92 Å². The smallest absolute Gasteiger partial charge is 0.392 e. The molecule has 2 nitrogen and oxygen atoms in total. The van der Waals surface area contributed by atoms with Gasteiger partial charge in [-0.25, -0.2) is 0 Å². The molecule has 0 bridgehead atoms. The van der Waals surface area contributed by atoms with Crippen LogP contribution >= 0.6 is 0 Å². The van der Waals surface area contributed by atoms with Gasteiger partial charge in [-0.15, -0.1) is 0 Å². The monoisotopic (exact) mass is 170 g/mol. The molecular weight excluding hydrogens is 161 g/mol. The summed E-state index contributed by atoms with van der Waals surface area (Å²) in [4.78, 5) is 10.2. The first-order chi connectivity index (χ1) is 4.81. The number of rotatable bonds is 2. The summed E-state index contributed by atoms with van der Waals surface area (Å²) in [7, 11) is 0. The highest BCUT2D eigenvalue weighted by Crippen LogP contribution is 2.22. The molecule has 0 heterocycles. The zero-order valence-electron chi connectivity index (χ0n) is 6.23. The van der Waals surface area contributed by atoms with E-state index in [0.29, 0.717) is 0 Å². The molecule has 0 radical (unpaired) electrons. The normalized spacial score (nSPS) is 14.3. The summed E-state index contributed by atoms with van der Waals surface area (Å²) in [5.41, 5.74) is 0. The lowest BCUT2D eigenvalue weighted by Gasteiger charge is -2.13. The second kappa shape index (κ2) is 3.59. The van der Waals surface area contributed by atoms with Gasteiger partial charge in [0.05, 0.1) is 6.42 Å². The predicted octanol–water partition coefficient (Wildman–Crippen LogP) is 1.89. The lowest BCUT2D eigenvalue weighted by Crippen LogP contribution is -2.21. The number of hydrogen-bond donors (Lipinski definition) is 0. The Hall–Kier alpha value is -0.740. The molecule has 1 unspecified atom stereocenters. The van der Waals surface area contributed by atoms with Crippen molar-refractivity contribution in [3.05, 3.63) is 0 Å². The van der Waals surface area contributed by atoms with Gasteiger partial charge in [0.2, 0.25) is 0 Å². The Bertz CT molecular complexity index is 141. The van der Waals surface area contributed by atoms with Crippen LogP contribution in [0.15, 0.2) is 0 Å². The summed E-state index contributed by atoms with van der Waals surface area (Å²) in [5.74, 6) is -0.693. The standard InChI is InChI=1S/C6H9F3O2/c1-4(11-5(2)10)3-6(7,8)9/h4H,3H2,1-2H3. The van der Waals surface area contributed by atoms with Crippen LogP contribution in [-0.2, 0) is 9.53 Å². The van der Waals surface area contributed by atoms with E-state index in [2.05, 4.69) is 4.74 Å². The Morgan fingerprint density at radius 1 is 1.55 bits per heavy atom. The van der Waals surface area contributed by atoms with Gasteiger partial charge in [0.25, 0.3) is 0 Å². The first-order valence-electron chi connectivity index (χ1n) is 3.05. The van der Waals surface area contributed by atoms with E-state index in [9.17, 15) is 18.0 Å². The fourth-order valence-corrected chi connectivity index (χ4v) is 0.651. The molecule has 66 valence electrons. The number of esters is 1. The van der Waals surface area contributed by atoms with Crippen LogP contribution in [0.5, 0.6) is 0 Å². The molecule has 0 aromatic rings. The van der Waals surface area contributed by atoms with E-state index in [-0.39, 0.29) is 0 Å². The Kier molecular flexibility index (Phi) is 3.35. The summed E-state index contributed by atoms with van der Waals surface area (Å²) in [6.07, 6.45) is -6.45. The Morgan fingerprint density at radius 3 is 2.27 bits per heavy atom. The fraction of sp³-hybridized carbons (Fsp3) is 0.833. The van der Waals surface area contributed by atoms with Crippen LogP contribution in [-0.4, -0.2) is 18.2 Å². The average Bonchev–Trinajstić information content (AvgIpc) is 1.53. The van der Waals surface area contributed by atoms with Gasteiger partial charge in [-0.1, -0.05) is 0 Å². The minimum Gasteiger partial charge on any atom is -0.463 e. The zero-order valence-corrected chi connectivity index (χ0v) is 6.23. The second-order valence-corrected chi connectivity index (χ2v) is 2.24. The fourth-order valence-electron chi connectivity index (χ4n) is 0.651. The average molecular weight is 170 g/mol. The molecule has 0 saturated carbocycles. The van der Waals surface area contributed by atoms with Crippen molar-refractivity contribution in [2.45, 2.75) is 32.5 Å². The summed E-state index contributed by atoms with van der Waals surface area (Å²) in [5, 5.41) is 0. The number of halogens is 3. The topological polar surface area (TPSA) is 26.3 Å². The Labute approximate surface area is 62.3 Å². The Balaban J connectivity index is 3.69. The van der Waals surface area contributed by atoms with Gasteiger partial charge >= 0.3 is 12.1 Å². The molecule has 0 aromatic heterocycles. The molecule has 0 amide bonds. The zero-order chi connectivity index (χ0) is 9.07. The van der Waals surface area contributed by atoms with Crippen molar-refractivity contribution < 1.29 is 22.7 Å². The third kappa shape index (κ3) is 7.15. The SMILES string of the molecule is CC(=O)OC(C)CC(F)(F)F. The quantitative estimate of drug-likeness (QED) is 0.591. The largest absolute Gasteiger partial charge is 0.463 e. The second-order valence-electron chi connectivity index (χ2n) is 2.24. The first-order valence-corrected chi connectivity index (χ1v) is 3.05. The molecule has 0 aliphatic rings. The maximum atomic E-state index is 11.6. The van der Waals surface area contributed by atoms with Crippen molar-refractivity contribution in [3.63, 3.8) is 0 Å².